The molecule has 2 aromatic rings. The van der Waals surface area contributed by atoms with Gasteiger partial charge in [-0.1, -0.05) is 12.5 Å². The van der Waals surface area contributed by atoms with Crippen LogP contribution >= 0.6 is 24.0 Å². The van der Waals surface area contributed by atoms with E-state index in [1.165, 1.54) is 19.3 Å². The number of hydrogen-bond acceptors (Lipinski definition) is 4. The molecule has 0 bridgehead atoms. The molecule has 0 atom stereocenters. The second kappa shape index (κ2) is 12.6. The number of ether oxygens (including phenoxy) is 1. The van der Waals surface area contributed by atoms with E-state index in [0.717, 1.165) is 49.8 Å². The molecule has 1 fully saturated rings. The molecule has 2 N–H and O–H groups in total. The van der Waals surface area contributed by atoms with Crippen molar-refractivity contribution >= 4 is 29.9 Å². The van der Waals surface area contributed by atoms with Crippen molar-refractivity contribution in [2.75, 3.05) is 13.6 Å². The summed E-state index contributed by atoms with van der Waals surface area (Å²) in [5, 5.41) is 10.8. The van der Waals surface area contributed by atoms with Gasteiger partial charge in [-0.2, -0.15) is 5.10 Å². The standard InChI is InChI=1S/C20H30N6O.HI/c1-21-20(22-11-5-13-26-14-6-12-25-26)24-16-17-9-10-19(23-15-17)27-18-7-3-2-4-8-18;/h6,9-10,12,14-15,18H,2-5,7-8,11,13,16H2,1H3,(H2,21,22,24);1H. The molecule has 0 aliphatic heterocycles. The summed E-state index contributed by atoms with van der Waals surface area (Å²) in [6, 6.07) is 5.96. The second-order valence-electron chi connectivity index (χ2n) is 6.86. The van der Waals surface area contributed by atoms with Gasteiger partial charge in [0.05, 0.1) is 0 Å². The molecular weight excluding hydrogens is 467 g/mol. The number of rotatable bonds is 8. The number of aromatic nitrogens is 3. The van der Waals surface area contributed by atoms with Crippen molar-refractivity contribution in [3.63, 3.8) is 0 Å². The minimum absolute atomic E-state index is 0. The van der Waals surface area contributed by atoms with Gasteiger partial charge in [0.15, 0.2) is 5.96 Å². The molecular formula is C20H31IN6O. The average Bonchev–Trinajstić information content (AvgIpc) is 3.23. The highest BCUT2D eigenvalue weighted by Gasteiger charge is 2.15. The summed E-state index contributed by atoms with van der Waals surface area (Å²) in [7, 11) is 1.78. The Morgan fingerprint density at radius 2 is 2.11 bits per heavy atom. The number of nitrogens with zero attached hydrogens (tertiary/aromatic N) is 4. The fraction of sp³-hybridized carbons (Fsp3) is 0.550. The first-order valence-corrected chi connectivity index (χ1v) is 9.87. The Balaban J connectivity index is 0.00000280. The molecule has 7 nitrogen and oxygen atoms in total. The molecule has 28 heavy (non-hydrogen) atoms. The van der Waals surface area contributed by atoms with Crippen LogP contribution in [0.15, 0.2) is 41.8 Å². The molecule has 8 heteroatoms. The van der Waals surface area contributed by atoms with E-state index in [-0.39, 0.29) is 24.0 Å². The summed E-state index contributed by atoms with van der Waals surface area (Å²) in [5.74, 6) is 1.52. The second-order valence-corrected chi connectivity index (χ2v) is 6.86. The van der Waals surface area contributed by atoms with Crippen LogP contribution < -0.4 is 15.4 Å². The van der Waals surface area contributed by atoms with Crippen LogP contribution in [0.3, 0.4) is 0 Å². The summed E-state index contributed by atoms with van der Waals surface area (Å²) >= 11 is 0. The maximum atomic E-state index is 5.98. The van der Waals surface area contributed by atoms with E-state index >= 15 is 0 Å². The van der Waals surface area contributed by atoms with Crippen LogP contribution in [0.2, 0.25) is 0 Å². The van der Waals surface area contributed by atoms with E-state index in [9.17, 15) is 0 Å². The fourth-order valence-electron chi connectivity index (χ4n) is 3.23. The van der Waals surface area contributed by atoms with Gasteiger partial charge in [-0.3, -0.25) is 9.67 Å². The van der Waals surface area contributed by atoms with Gasteiger partial charge in [0.25, 0.3) is 0 Å². The first-order chi connectivity index (χ1) is 13.3. The van der Waals surface area contributed by atoms with Crippen LogP contribution in [0.5, 0.6) is 5.88 Å². The smallest absolute Gasteiger partial charge is 0.213 e. The molecule has 0 radical (unpaired) electrons. The van der Waals surface area contributed by atoms with E-state index in [1.54, 1.807) is 13.2 Å². The average molecular weight is 498 g/mol. The first-order valence-electron chi connectivity index (χ1n) is 9.87. The Labute approximate surface area is 184 Å². The first kappa shape index (κ1) is 22.4. The Bertz CT molecular complexity index is 683. The van der Waals surface area contributed by atoms with Crippen LogP contribution in [-0.4, -0.2) is 40.4 Å². The normalized spacial score (nSPS) is 15.0. The van der Waals surface area contributed by atoms with Gasteiger partial charge >= 0.3 is 0 Å². The number of halogens is 1. The number of hydrogen-bond donors (Lipinski definition) is 2. The van der Waals surface area contributed by atoms with Crippen molar-refractivity contribution in [3.8, 4) is 5.88 Å². The molecule has 3 rings (SSSR count). The Hall–Kier alpha value is -1.84. The van der Waals surface area contributed by atoms with E-state index in [0.29, 0.717) is 12.6 Å². The summed E-state index contributed by atoms with van der Waals surface area (Å²) in [6.45, 7) is 2.41. The van der Waals surface area contributed by atoms with E-state index in [4.69, 9.17) is 4.74 Å². The third-order valence-electron chi connectivity index (χ3n) is 4.74. The fourth-order valence-corrected chi connectivity index (χ4v) is 3.23. The summed E-state index contributed by atoms with van der Waals surface area (Å²) in [6.07, 6.45) is 13.1. The van der Waals surface area contributed by atoms with Gasteiger partial charge in [0, 0.05) is 51.3 Å². The number of pyridine rings is 1. The molecule has 1 saturated carbocycles. The quantitative estimate of drug-likeness (QED) is 0.253. The zero-order valence-electron chi connectivity index (χ0n) is 16.5. The van der Waals surface area contributed by atoms with Crippen LogP contribution in [-0.2, 0) is 13.1 Å². The molecule has 2 aromatic heterocycles. The van der Waals surface area contributed by atoms with Crippen molar-refractivity contribution in [3.05, 3.63) is 42.4 Å². The van der Waals surface area contributed by atoms with Crippen LogP contribution in [0.1, 0.15) is 44.1 Å². The Morgan fingerprint density at radius 1 is 1.25 bits per heavy atom. The van der Waals surface area contributed by atoms with Gasteiger partial charge in [-0.25, -0.2) is 4.98 Å². The maximum absolute atomic E-state index is 5.98. The lowest BCUT2D eigenvalue weighted by Crippen LogP contribution is -2.37. The van der Waals surface area contributed by atoms with Crippen LogP contribution in [0, 0.1) is 0 Å². The van der Waals surface area contributed by atoms with Crippen molar-refractivity contribution in [2.45, 2.75) is 57.7 Å². The number of aryl methyl sites for hydroxylation is 1. The molecule has 0 unspecified atom stereocenters. The number of nitrogens with one attached hydrogen (secondary N) is 2. The van der Waals surface area contributed by atoms with E-state index in [2.05, 4.69) is 31.8 Å². The lowest BCUT2D eigenvalue weighted by Gasteiger charge is -2.22. The lowest BCUT2D eigenvalue weighted by atomic mass is 9.98. The van der Waals surface area contributed by atoms with Gasteiger partial charge < -0.3 is 15.4 Å². The maximum Gasteiger partial charge on any atom is 0.213 e. The number of aliphatic imine (C=N–C) groups is 1. The van der Waals surface area contributed by atoms with Gasteiger partial charge in [0.1, 0.15) is 6.10 Å². The van der Waals surface area contributed by atoms with E-state index in [1.807, 2.05) is 29.2 Å². The topological polar surface area (TPSA) is 76.4 Å². The summed E-state index contributed by atoms with van der Waals surface area (Å²) in [5.41, 5.74) is 1.10. The molecule has 2 heterocycles. The van der Waals surface area contributed by atoms with Gasteiger partial charge in [-0.05, 0) is 43.7 Å². The lowest BCUT2D eigenvalue weighted by molar-refractivity contribution is 0.148. The molecule has 154 valence electrons. The van der Waals surface area contributed by atoms with Crippen molar-refractivity contribution in [1.29, 1.82) is 0 Å². The summed E-state index contributed by atoms with van der Waals surface area (Å²) in [4.78, 5) is 8.71. The Kier molecular flexibility index (Phi) is 10.1. The SMILES string of the molecule is CN=C(NCCCn1cccn1)NCc1ccc(OC2CCCCC2)nc1.I. The largest absolute Gasteiger partial charge is 0.474 e. The highest BCUT2D eigenvalue weighted by molar-refractivity contribution is 14.0. The molecule has 0 aromatic carbocycles. The monoisotopic (exact) mass is 498 g/mol. The van der Waals surface area contributed by atoms with Crippen LogP contribution in [0.4, 0.5) is 0 Å². The minimum atomic E-state index is 0. The third-order valence-corrected chi connectivity index (χ3v) is 4.74. The van der Waals surface area contributed by atoms with Crippen LogP contribution in [0.25, 0.3) is 0 Å². The van der Waals surface area contributed by atoms with Gasteiger partial charge in [-0.15, -0.1) is 24.0 Å². The molecule has 1 aliphatic rings. The number of guanidine groups is 1. The zero-order valence-corrected chi connectivity index (χ0v) is 18.8. The van der Waals surface area contributed by atoms with Crippen molar-refractivity contribution < 1.29 is 4.74 Å². The summed E-state index contributed by atoms with van der Waals surface area (Å²) < 4.78 is 7.91. The van der Waals surface area contributed by atoms with Gasteiger partial charge in [0.2, 0.25) is 5.88 Å². The minimum Gasteiger partial charge on any atom is -0.474 e. The van der Waals surface area contributed by atoms with Crippen molar-refractivity contribution in [1.82, 2.24) is 25.4 Å². The highest BCUT2D eigenvalue weighted by atomic mass is 127. The predicted octanol–water partition coefficient (Wildman–Crippen LogP) is 3.36. The molecule has 0 spiro atoms. The molecule has 1 aliphatic carbocycles. The zero-order chi connectivity index (χ0) is 18.7. The third kappa shape index (κ3) is 7.65. The molecule has 0 amide bonds. The predicted molar refractivity (Wildman–Crippen MR) is 122 cm³/mol. The Morgan fingerprint density at radius 3 is 2.79 bits per heavy atom. The molecule has 0 saturated heterocycles. The van der Waals surface area contributed by atoms with Crippen molar-refractivity contribution in [2.24, 2.45) is 4.99 Å². The van der Waals surface area contributed by atoms with E-state index < -0.39 is 0 Å². The highest BCUT2D eigenvalue weighted by Crippen LogP contribution is 2.22.